The van der Waals surface area contributed by atoms with E-state index in [1.807, 2.05) is 37.8 Å². The summed E-state index contributed by atoms with van der Waals surface area (Å²) >= 11 is 0. The third kappa shape index (κ3) is 9.36. The van der Waals surface area contributed by atoms with E-state index in [9.17, 15) is 9.59 Å². The average molecular weight is 710 g/mol. The smallest absolute Gasteiger partial charge is 0.410 e. The average Bonchev–Trinajstić information content (AvgIpc) is 3.45. The largest absolute Gasteiger partial charge is 0.494 e. The number of hydrogen-bond acceptors (Lipinski definition) is 6. The molecule has 0 spiro atoms. The number of fused-ring (bicyclic) bond motifs is 2. The molecule has 9 nitrogen and oxygen atoms in total. The molecule has 52 heavy (non-hydrogen) atoms. The van der Waals surface area contributed by atoms with Crippen LogP contribution in [0.2, 0.25) is 0 Å². The molecule has 6 rings (SSSR count). The van der Waals surface area contributed by atoms with Gasteiger partial charge in [-0.25, -0.2) is 4.79 Å². The van der Waals surface area contributed by atoms with Crippen LogP contribution in [0.1, 0.15) is 81.0 Å². The number of rotatable bonds is 14. The van der Waals surface area contributed by atoms with Crippen LogP contribution in [0.4, 0.5) is 10.5 Å². The highest BCUT2D eigenvalue weighted by Crippen LogP contribution is 2.34. The van der Waals surface area contributed by atoms with E-state index in [0.29, 0.717) is 45.9 Å². The van der Waals surface area contributed by atoms with Crippen molar-refractivity contribution < 1.29 is 28.5 Å². The number of aromatic nitrogens is 1. The summed E-state index contributed by atoms with van der Waals surface area (Å²) in [5.41, 5.74) is 6.33. The van der Waals surface area contributed by atoms with Crippen molar-refractivity contribution in [3.63, 3.8) is 0 Å². The van der Waals surface area contributed by atoms with Crippen LogP contribution in [0.5, 0.6) is 5.75 Å². The standard InChI is InChI=1S/C43H55N3O6/c1-31-28-44(38-12-7-6-11-36(31)38)22-8-9-26-50-35-18-15-33(16-19-35)37-21-24-45(42(48)52-43(2,3)4)29-40(37)51-30-32-13-14-34-17-20-41(47)46(39(34)27-32)23-10-25-49-5/h6-7,11-16,18-19,27-28,37,40H,8-10,17,20-26,29-30H2,1-5H3. The number of aryl methyl sites for hydroxylation is 3. The number of benzene rings is 3. The van der Waals surface area contributed by atoms with Gasteiger partial charge in [0.25, 0.3) is 0 Å². The van der Waals surface area contributed by atoms with Gasteiger partial charge in [-0.05, 0) is 106 Å². The highest BCUT2D eigenvalue weighted by molar-refractivity contribution is 5.96. The van der Waals surface area contributed by atoms with Crippen LogP contribution in [0.25, 0.3) is 10.9 Å². The van der Waals surface area contributed by atoms with Gasteiger partial charge in [-0.3, -0.25) is 4.79 Å². The van der Waals surface area contributed by atoms with Gasteiger partial charge in [0.15, 0.2) is 0 Å². The number of piperidine rings is 1. The van der Waals surface area contributed by atoms with Gasteiger partial charge in [-0.15, -0.1) is 0 Å². The maximum absolute atomic E-state index is 13.1. The van der Waals surface area contributed by atoms with Gasteiger partial charge >= 0.3 is 6.09 Å². The van der Waals surface area contributed by atoms with Gasteiger partial charge in [-0.2, -0.15) is 0 Å². The van der Waals surface area contributed by atoms with Crippen molar-refractivity contribution in [1.29, 1.82) is 0 Å². The predicted molar refractivity (Wildman–Crippen MR) is 205 cm³/mol. The minimum absolute atomic E-state index is 0.0948. The van der Waals surface area contributed by atoms with Crippen molar-refractivity contribution in [1.82, 2.24) is 9.47 Å². The van der Waals surface area contributed by atoms with Crippen LogP contribution < -0.4 is 9.64 Å². The Kier molecular flexibility index (Phi) is 12.2. The van der Waals surface area contributed by atoms with Crippen LogP contribution in [0, 0.1) is 6.92 Å². The number of ether oxygens (including phenoxy) is 4. The van der Waals surface area contributed by atoms with Crippen molar-refractivity contribution in [3.8, 4) is 5.75 Å². The molecule has 2 aliphatic heterocycles. The SMILES string of the molecule is COCCCN1C(=O)CCc2ccc(COC3CN(C(=O)OC(C)(C)C)CCC3c3ccc(OCCCCn4cc(C)c5ccccc54)cc3)cc21. The quantitative estimate of drug-likeness (QED) is 0.122. The molecule has 9 heteroatoms. The van der Waals surface area contributed by atoms with E-state index >= 15 is 0 Å². The minimum atomic E-state index is -0.578. The number of methoxy groups -OCH3 is 1. The zero-order valence-corrected chi connectivity index (χ0v) is 31.6. The van der Waals surface area contributed by atoms with E-state index in [4.69, 9.17) is 18.9 Å². The normalized spacial score (nSPS) is 17.8. The molecule has 1 fully saturated rings. The number of likely N-dealkylation sites (tertiary alicyclic amines) is 1. The monoisotopic (exact) mass is 709 g/mol. The molecular formula is C43H55N3O6. The zero-order valence-electron chi connectivity index (χ0n) is 31.6. The van der Waals surface area contributed by atoms with Crippen LogP contribution >= 0.6 is 0 Å². The van der Waals surface area contributed by atoms with Gasteiger partial charge in [0.05, 0.1) is 25.9 Å². The van der Waals surface area contributed by atoms with Crippen LogP contribution in [-0.4, -0.2) is 73.1 Å². The van der Waals surface area contributed by atoms with E-state index in [1.165, 1.54) is 22.0 Å². The van der Waals surface area contributed by atoms with Crippen molar-refractivity contribution in [2.45, 2.75) is 97.0 Å². The Morgan fingerprint density at radius 1 is 0.923 bits per heavy atom. The summed E-state index contributed by atoms with van der Waals surface area (Å²) in [7, 11) is 1.68. The molecule has 2 atom stereocenters. The molecule has 2 aliphatic rings. The number of anilines is 1. The first-order valence-electron chi connectivity index (χ1n) is 18.9. The topological polar surface area (TPSA) is 82.5 Å². The summed E-state index contributed by atoms with van der Waals surface area (Å²) in [6, 6.07) is 23.3. The minimum Gasteiger partial charge on any atom is -0.494 e. The Hall–Kier alpha value is -4.34. The Balaban J connectivity index is 1.08. The third-order valence-electron chi connectivity index (χ3n) is 10.1. The maximum Gasteiger partial charge on any atom is 0.410 e. The molecule has 0 N–H and O–H groups in total. The van der Waals surface area contributed by atoms with Crippen molar-refractivity contribution in [3.05, 3.63) is 95.2 Å². The summed E-state index contributed by atoms with van der Waals surface area (Å²) < 4.78 is 26.2. The molecule has 278 valence electrons. The molecule has 2 amide bonds. The molecule has 1 saturated heterocycles. The second-order valence-electron chi connectivity index (χ2n) is 15.2. The van der Waals surface area contributed by atoms with Gasteiger partial charge in [0, 0.05) is 68.5 Å². The Labute approximate surface area is 308 Å². The molecule has 1 aromatic heterocycles. The number of para-hydroxylation sites is 1. The highest BCUT2D eigenvalue weighted by Gasteiger charge is 2.35. The molecule has 0 radical (unpaired) electrons. The van der Waals surface area contributed by atoms with E-state index < -0.39 is 5.60 Å². The van der Waals surface area contributed by atoms with E-state index in [2.05, 4.69) is 72.3 Å². The van der Waals surface area contributed by atoms with Crippen molar-refractivity contribution >= 4 is 28.6 Å². The van der Waals surface area contributed by atoms with Crippen molar-refractivity contribution in [2.24, 2.45) is 0 Å². The van der Waals surface area contributed by atoms with Gasteiger partial charge < -0.3 is 33.3 Å². The van der Waals surface area contributed by atoms with Crippen LogP contribution in [0.15, 0.2) is 72.9 Å². The second-order valence-corrected chi connectivity index (χ2v) is 15.2. The molecule has 2 unspecified atom stereocenters. The number of carbonyl (C=O) groups is 2. The van der Waals surface area contributed by atoms with E-state index in [-0.39, 0.29) is 24.0 Å². The Bertz CT molecular complexity index is 1810. The molecule has 4 aromatic rings. The summed E-state index contributed by atoms with van der Waals surface area (Å²) in [6.45, 7) is 12.1. The fraction of sp³-hybridized carbons (Fsp3) is 0.488. The third-order valence-corrected chi connectivity index (χ3v) is 10.1. The number of unbranched alkanes of at least 4 members (excludes halogenated alkanes) is 1. The number of nitrogens with zero attached hydrogens (tertiary/aromatic N) is 3. The van der Waals surface area contributed by atoms with Gasteiger partial charge in [0.2, 0.25) is 5.91 Å². The predicted octanol–water partition coefficient (Wildman–Crippen LogP) is 8.43. The lowest BCUT2D eigenvalue weighted by molar-refractivity contribution is -0.118. The van der Waals surface area contributed by atoms with E-state index in [0.717, 1.165) is 61.2 Å². The first kappa shape index (κ1) is 37.4. The second kappa shape index (κ2) is 17.0. The molecule has 0 saturated carbocycles. The first-order chi connectivity index (χ1) is 25.1. The molecule has 3 aromatic carbocycles. The molecule has 0 aliphatic carbocycles. The molecule has 3 heterocycles. The van der Waals surface area contributed by atoms with Crippen molar-refractivity contribution in [2.75, 3.05) is 44.9 Å². The van der Waals surface area contributed by atoms with E-state index in [1.54, 1.807) is 12.0 Å². The lowest BCUT2D eigenvalue weighted by Gasteiger charge is -2.39. The highest BCUT2D eigenvalue weighted by atomic mass is 16.6. The van der Waals surface area contributed by atoms with Gasteiger partial charge in [-0.1, -0.05) is 42.5 Å². The summed E-state index contributed by atoms with van der Waals surface area (Å²) in [5.74, 6) is 1.10. The number of carbonyl (C=O) groups excluding carboxylic acids is 2. The maximum atomic E-state index is 13.1. The fourth-order valence-corrected chi connectivity index (χ4v) is 7.45. The lowest BCUT2D eigenvalue weighted by atomic mass is 9.87. The first-order valence-corrected chi connectivity index (χ1v) is 18.9. The summed E-state index contributed by atoms with van der Waals surface area (Å²) in [5, 5.41) is 1.32. The Morgan fingerprint density at radius 2 is 1.73 bits per heavy atom. The fourth-order valence-electron chi connectivity index (χ4n) is 7.45. The Morgan fingerprint density at radius 3 is 2.52 bits per heavy atom. The number of hydrogen-bond donors (Lipinski definition) is 0. The summed E-state index contributed by atoms with van der Waals surface area (Å²) in [6.07, 6.45) is 6.50. The molecule has 0 bridgehead atoms. The van der Waals surface area contributed by atoms with Crippen LogP contribution in [0.3, 0.4) is 0 Å². The van der Waals surface area contributed by atoms with Crippen LogP contribution in [-0.2, 0) is 38.6 Å². The summed E-state index contributed by atoms with van der Waals surface area (Å²) in [4.78, 5) is 29.7. The lowest BCUT2D eigenvalue weighted by Crippen LogP contribution is -2.48. The zero-order chi connectivity index (χ0) is 36.7. The van der Waals surface area contributed by atoms with Gasteiger partial charge in [0.1, 0.15) is 11.4 Å². The number of amides is 2. The molecular weight excluding hydrogens is 654 g/mol.